The second kappa shape index (κ2) is 6.48. The van der Waals surface area contributed by atoms with Gasteiger partial charge < -0.3 is 10.6 Å². The van der Waals surface area contributed by atoms with Gasteiger partial charge in [0.1, 0.15) is 0 Å². The Bertz CT molecular complexity index is 505. The van der Waals surface area contributed by atoms with Crippen molar-refractivity contribution in [2.75, 3.05) is 17.2 Å². The van der Waals surface area contributed by atoms with Crippen LogP contribution in [-0.4, -0.2) is 6.54 Å². The lowest BCUT2D eigenvalue weighted by Crippen LogP contribution is -2.23. The van der Waals surface area contributed by atoms with E-state index in [4.69, 9.17) is 17.3 Å². The van der Waals surface area contributed by atoms with Gasteiger partial charge in [-0.15, -0.1) is 0 Å². The molecule has 0 atom stereocenters. The minimum Gasteiger partial charge on any atom is -0.399 e. The zero-order valence-corrected chi connectivity index (χ0v) is 11.9. The van der Waals surface area contributed by atoms with Crippen molar-refractivity contribution in [3.05, 3.63) is 59.1 Å². The van der Waals surface area contributed by atoms with E-state index in [9.17, 15) is 0 Å². The second-order valence-corrected chi connectivity index (χ2v) is 5.08. The molecule has 100 valence electrons. The molecule has 0 aromatic heterocycles. The Morgan fingerprint density at radius 2 is 1.63 bits per heavy atom. The Labute approximate surface area is 119 Å². The smallest absolute Gasteiger partial charge is 0.0429 e. The van der Waals surface area contributed by atoms with Crippen molar-refractivity contribution in [3.63, 3.8) is 0 Å². The molecule has 19 heavy (non-hydrogen) atoms. The molecule has 0 aliphatic rings. The molecule has 0 heterocycles. The first-order valence-corrected chi connectivity index (χ1v) is 6.92. The van der Waals surface area contributed by atoms with Crippen molar-refractivity contribution in [2.45, 2.75) is 19.9 Å². The zero-order chi connectivity index (χ0) is 13.7. The van der Waals surface area contributed by atoms with Gasteiger partial charge >= 0.3 is 0 Å². The fourth-order valence-electron chi connectivity index (χ4n) is 2.06. The van der Waals surface area contributed by atoms with E-state index in [2.05, 4.69) is 36.1 Å². The SMILES string of the molecule is CCCN(Cc1ccc(Cl)cc1)c1ccc(N)cc1. The van der Waals surface area contributed by atoms with E-state index in [-0.39, 0.29) is 0 Å². The van der Waals surface area contributed by atoms with Crippen LogP contribution in [0, 0.1) is 0 Å². The van der Waals surface area contributed by atoms with Gasteiger partial charge in [-0.1, -0.05) is 30.7 Å². The summed E-state index contributed by atoms with van der Waals surface area (Å²) in [6.45, 7) is 4.09. The lowest BCUT2D eigenvalue weighted by Gasteiger charge is -2.24. The van der Waals surface area contributed by atoms with Crippen LogP contribution in [0.25, 0.3) is 0 Å². The molecule has 0 aliphatic heterocycles. The minimum atomic E-state index is 0.776. The maximum atomic E-state index is 5.92. The third-order valence-corrected chi connectivity index (χ3v) is 3.29. The van der Waals surface area contributed by atoms with Crippen LogP contribution < -0.4 is 10.6 Å². The number of nitrogens with two attached hydrogens (primary N) is 1. The molecule has 0 unspecified atom stereocenters. The average molecular weight is 275 g/mol. The standard InChI is InChI=1S/C16H19ClN2/c1-2-11-19(16-9-7-15(18)8-10-16)12-13-3-5-14(17)6-4-13/h3-10H,2,11-12,18H2,1H3. The van der Waals surface area contributed by atoms with Crippen molar-refractivity contribution in [1.29, 1.82) is 0 Å². The summed E-state index contributed by atoms with van der Waals surface area (Å²) in [6, 6.07) is 16.0. The van der Waals surface area contributed by atoms with E-state index in [0.29, 0.717) is 0 Å². The first-order chi connectivity index (χ1) is 9.19. The van der Waals surface area contributed by atoms with E-state index in [1.807, 2.05) is 24.3 Å². The minimum absolute atomic E-state index is 0.776. The molecular formula is C16H19ClN2. The Kier molecular flexibility index (Phi) is 4.69. The lowest BCUT2D eigenvalue weighted by atomic mass is 10.2. The van der Waals surface area contributed by atoms with Gasteiger partial charge in [0.25, 0.3) is 0 Å². The highest BCUT2D eigenvalue weighted by Crippen LogP contribution is 2.20. The number of hydrogen-bond donors (Lipinski definition) is 1. The van der Waals surface area contributed by atoms with Gasteiger partial charge in [0.2, 0.25) is 0 Å². The molecule has 2 N–H and O–H groups in total. The molecule has 0 fully saturated rings. The third kappa shape index (κ3) is 3.90. The first kappa shape index (κ1) is 13.8. The largest absolute Gasteiger partial charge is 0.399 e. The van der Waals surface area contributed by atoms with Crippen LogP contribution in [0.4, 0.5) is 11.4 Å². The van der Waals surface area contributed by atoms with Crippen LogP contribution in [0.5, 0.6) is 0 Å². The fourth-order valence-corrected chi connectivity index (χ4v) is 2.19. The Morgan fingerprint density at radius 1 is 1.00 bits per heavy atom. The summed E-state index contributed by atoms with van der Waals surface area (Å²) in [4.78, 5) is 2.35. The van der Waals surface area contributed by atoms with Crippen LogP contribution in [0.2, 0.25) is 5.02 Å². The van der Waals surface area contributed by atoms with Crippen LogP contribution >= 0.6 is 11.6 Å². The zero-order valence-electron chi connectivity index (χ0n) is 11.1. The van der Waals surface area contributed by atoms with Crippen molar-refractivity contribution in [1.82, 2.24) is 0 Å². The molecule has 2 nitrogen and oxygen atoms in total. The highest BCUT2D eigenvalue weighted by molar-refractivity contribution is 6.30. The Morgan fingerprint density at radius 3 is 2.21 bits per heavy atom. The van der Waals surface area contributed by atoms with Gasteiger partial charge in [-0.25, -0.2) is 0 Å². The Hall–Kier alpha value is -1.67. The maximum absolute atomic E-state index is 5.92. The summed E-state index contributed by atoms with van der Waals surface area (Å²) < 4.78 is 0. The van der Waals surface area contributed by atoms with Crippen molar-refractivity contribution < 1.29 is 0 Å². The molecule has 3 heteroatoms. The molecule has 0 bridgehead atoms. The molecular weight excluding hydrogens is 256 g/mol. The molecule has 0 saturated heterocycles. The van der Waals surface area contributed by atoms with Gasteiger partial charge in [-0.05, 0) is 48.4 Å². The van der Waals surface area contributed by atoms with Gasteiger partial charge in [-0.3, -0.25) is 0 Å². The monoisotopic (exact) mass is 274 g/mol. The quantitative estimate of drug-likeness (QED) is 0.822. The third-order valence-electron chi connectivity index (χ3n) is 3.04. The van der Waals surface area contributed by atoms with E-state index in [1.165, 1.54) is 11.3 Å². The van der Waals surface area contributed by atoms with Gasteiger partial charge in [0.15, 0.2) is 0 Å². The average Bonchev–Trinajstić information content (AvgIpc) is 2.42. The maximum Gasteiger partial charge on any atom is 0.0429 e. The second-order valence-electron chi connectivity index (χ2n) is 4.64. The van der Waals surface area contributed by atoms with Gasteiger partial charge in [-0.2, -0.15) is 0 Å². The van der Waals surface area contributed by atoms with Gasteiger partial charge in [0.05, 0.1) is 0 Å². The number of nitrogens with zero attached hydrogens (tertiary/aromatic N) is 1. The van der Waals surface area contributed by atoms with Crippen LogP contribution in [0.15, 0.2) is 48.5 Å². The summed E-state index contributed by atoms with van der Waals surface area (Å²) in [6.07, 6.45) is 1.11. The summed E-state index contributed by atoms with van der Waals surface area (Å²) in [7, 11) is 0. The molecule has 0 aliphatic carbocycles. The predicted molar refractivity (Wildman–Crippen MR) is 83.6 cm³/mol. The first-order valence-electron chi connectivity index (χ1n) is 6.54. The van der Waals surface area contributed by atoms with E-state index < -0.39 is 0 Å². The molecule has 0 saturated carbocycles. The summed E-state index contributed by atoms with van der Waals surface area (Å²) in [5, 5.41) is 0.776. The number of anilines is 2. The van der Waals surface area contributed by atoms with Crippen molar-refractivity contribution in [3.8, 4) is 0 Å². The van der Waals surface area contributed by atoms with Gasteiger partial charge in [0, 0.05) is 29.5 Å². The molecule has 0 amide bonds. The lowest BCUT2D eigenvalue weighted by molar-refractivity contribution is 0.767. The molecule has 2 aromatic rings. The topological polar surface area (TPSA) is 29.3 Å². The number of halogens is 1. The predicted octanol–water partition coefficient (Wildman–Crippen LogP) is 4.34. The van der Waals surface area contributed by atoms with Crippen molar-refractivity contribution in [2.24, 2.45) is 0 Å². The molecule has 2 rings (SSSR count). The highest BCUT2D eigenvalue weighted by atomic mass is 35.5. The van der Waals surface area contributed by atoms with Crippen LogP contribution in [0.3, 0.4) is 0 Å². The molecule has 0 radical (unpaired) electrons. The van der Waals surface area contributed by atoms with E-state index in [1.54, 1.807) is 0 Å². The Balaban J connectivity index is 2.15. The summed E-state index contributed by atoms with van der Waals surface area (Å²) >= 11 is 5.92. The van der Waals surface area contributed by atoms with E-state index in [0.717, 1.165) is 30.2 Å². The van der Waals surface area contributed by atoms with Crippen molar-refractivity contribution >= 4 is 23.0 Å². The molecule has 0 spiro atoms. The molecule has 2 aromatic carbocycles. The normalized spacial score (nSPS) is 10.4. The summed E-state index contributed by atoms with van der Waals surface area (Å²) in [5.41, 5.74) is 8.99. The highest BCUT2D eigenvalue weighted by Gasteiger charge is 2.06. The number of rotatable bonds is 5. The number of hydrogen-bond acceptors (Lipinski definition) is 2. The number of nitrogen functional groups attached to an aromatic ring is 1. The summed E-state index contributed by atoms with van der Waals surface area (Å²) in [5.74, 6) is 0. The van der Waals surface area contributed by atoms with Crippen LogP contribution in [0.1, 0.15) is 18.9 Å². The number of benzene rings is 2. The van der Waals surface area contributed by atoms with Crippen LogP contribution in [-0.2, 0) is 6.54 Å². The van der Waals surface area contributed by atoms with E-state index >= 15 is 0 Å². The fraction of sp³-hybridized carbons (Fsp3) is 0.250.